The van der Waals surface area contributed by atoms with Gasteiger partial charge in [-0.3, -0.25) is 4.79 Å². The van der Waals surface area contributed by atoms with Gasteiger partial charge in [-0.2, -0.15) is 0 Å². The van der Waals surface area contributed by atoms with Crippen LogP contribution in [0.1, 0.15) is 27.9 Å². The van der Waals surface area contributed by atoms with Crippen molar-refractivity contribution in [3.05, 3.63) is 47.0 Å². The van der Waals surface area contributed by atoms with Crippen molar-refractivity contribution < 1.29 is 4.79 Å². The zero-order valence-electron chi connectivity index (χ0n) is 7.71. The molecule has 0 radical (unpaired) electrons. The minimum absolute atomic E-state index is 0.149. The van der Waals surface area contributed by atoms with Crippen molar-refractivity contribution in [3.63, 3.8) is 0 Å². The van der Waals surface area contributed by atoms with Crippen molar-refractivity contribution in [1.29, 1.82) is 0 Å². The van der Waals surface area contributed by atoms with Crippen LogP contribution in [0.25, 0.3) is 0 Å². The number of hydrogen-bond acceptors (Lipinski definition) is 1. The number of benzene rings is 1. The quantitative estimate of drug-likeness (QED) is 0.588. The minimum Gasteiger partial charge on any atom is -0.289 e. The number of aryl methyl sites for hydroxylation is 1. The first-order chi connectivity index (χ1) is 6.29. The minimum atomic E-state index is 0.149. The maximum Gasteiger partial charge on any atom is 0.185 e. The summed E-state index contributed by atoms with van der Waals surface area (Å²) >= 11 is 0. The Kier molecular flexibility index (Phi) is 2.01. The summed E-state index contributed by atoms with van der Waals surface area (Å²) < 4.78 is 0. The molecule has 0 fully saturated rings. The Labute approximate surface area is 78.1 Å². The first kappa shape index (κ1) is 8.24. The van der Waals surface area contributed by atoms with Crippen LogP contribution in [0.2, 0.25) is 0 Å². The number of ketones is 1. The lowest BCUT2D eigenvalue weighted by Crippen LogP contribution is -2.00. The SMILES string of the molecule is Cc1cccc2c1CCC=CC2=O. The highest BCUT2D eigenvalue weighted by Gasteiger charge is 2.12. The lowest BCUT2D eigenvalue weighted by molar-refractivity contribution is 0.104. The van der Waals surface area contributed by atoms with Crippen LogP contribution >= 0.6 is 0 Å². The van der Waals surface area contributed by atoms with Gasteiger partial charge in [0.1, 0.15) is 0 Å². The van der Waals surface area contributed by atoms with E-state index in [0.717, 1.165) is 18.4 Å². The van der Waals surface area contributed by atoms with Gasteiger partial charge in [-0.15, -0.1) is 0 Å². The second-order valence-corrected chi connectivity index (χ2v) is 3.41. The highest BCUT2D eigenvalue weighted by Crippen LogP contribution is 2.19. The summed E-state index contributed by atoms with van der Waals surface area (Å²) in [7, 11) is 0. The molecule has 1 aliphatic carbocycles. The van der Waals surface area contributed by atoms with Gasteiger partial charge in [-0.05, 0) is 37.0 Å². The van der Waals surface area contributed by atoms with Gasteiger partial charge in [0.25, 0.3) is 0 Å². The van der Waals surface area contributed by atoms with E-state index < -0.39 is 0 Å². The lowest BCUT2D eigenvalue weighted by Gasteiger charge is -2.06. The molecule has 0 atom stereocenters. The van der Waals surface area contributed by atoms with Crippen LogP contribution in [-0.2, 0) is 6.42 Å². The zero-order chi connectivity index (χ0) is 9.26. The van der Waals surface area contributed by atoms with Crippen LogP contribution in [0.5, 0.6) is 0 Å². The molecule has 0 bridgehead atoms. The lowest BCUT2D eigenvalue weighted by atomic mass is 9.97. The van der Waals surface area contributed by atoms with Crippen molar-refractivity contribution in [2.45, 2.75) is 19.8 Å². The molecule has 0 aromatic heterocycles. The van der Waals surface area contributed by atoms with E-state index in [9.17, 15) is 4.79 Å². The first-order valence-electron chi connectivity index (χ1n) is 4.58. The van der Waals surface area contributed by atoms with Crippen molar-refractivity contribution >= 4 is 5.78 Å². The fourth-order valence-corrected chi connectivity index (χ4v) is 1.77. The molecule has 1 aromatic carbocycles. The van der Waals surface area contributed by atoms with Crippen molar-refractivity contribution in [1.82, 2.24) is 0 Å². The number of rotatable bonds is 0. The third-order valence-corrected chi connectivity index (χ3v) is 2.51. The molecule has 0 aliphatic heterocycles. The van der Waals surface area contributed by atoms with Crippen LogP contribution < -0.4 is 0 Å². The van der Waals surface area contributed by atoms with E-state index in [0.29, 0.717) is 0 Å². The van der Waals surface area contributed by atoms with Gasteiger partial charge >= 0.3 is 0 Å². The highest BCUT2D eigenvalue weighted by atomic mass is 16.1. The fraction of sp³-hybridized carbons (Fsp3) is 0.250. The molecule has 0 N–H and O–H groups in total. The molecule has 1 aliphatic rings. The molecule has 0 saturated carbocycles. The van der Waals surface area contributed by atoms with Crippen LogP contribution in [0, 0.1) is 6.92 Å². The average molecular weight is 172 g/mol. The second-order valence-electron chi connectivity index (χ2n) is 3.41. The third-order valence-electron chi connectivity index (χ3n) is 2.51. The maximum atomic E-state index is 11.6. The average Bonchev–Trinajstić information content (AvgIpc) is 2.30. The van der Waals surface area contributed by atoms with E-state index in [-0.39, 0.29) is 5.78 Å². The van der Waals surface area contributed by atoms with Gasteiger partial charge in [-0.25, -0.2) is 0 Å². The predicted molar refractivity (Wildman–Crippen MR) is 53.0 cm³/mol. The molecule has 1 heteroatoms. The fourth-order valence-electron chi connectivity index (χ4n) is 1.77. The van der Waals surface area contributed by atoms with E-state index in [1.165, 1.54) is 11.1 Å². The van der Waals surface area contributed by atoms with Gasteiger partial charge in [0.2, 0.25) is 0 Å². The second kappa shape index (κ2) is 3.17. The van der Waals surface area contributed by atoms with Crippen LogP contribution in [0.3, 0.4) is 0 Å². The van der Waals surface area contributed by atoms with Crippen molar-refractivity contribution in [3.8, 4) is 0 Å². The number of carbonyl (C=O) groups is 1. The normalized spacial score (nSPS) is 15.3. The van der Waals surface area contributed by atoms with Gasteiger partial charge < -0.3 is 0 Å². The van der Waals surface area contributed by atoms with E-state index in [4.69, 9.17) is 0 Å². The molecular formula is C12H12O. The molecule has 2 rings (SSSR count). The summed E-state index contributed by atoms with van der Waals surface area (Å²) in [6.45, 7) is 2.07. The summed E-state index contributed by atoms with van der Waals surface area (Å²) in [4.78, 5) is 11.6. The topological polar surface area (TPSA) is 17.1 Å². The van der Waals surface area contributed by atoms with Crippen molar-refractivity contribution in [2.75, 3.05) is 0 Å². The van der Waals surface area contributed by atoms with Gasteiger partial charge in [0, 0.05) is 5.56 Å². The van der Waals surface area contributed by atoms with Gasteiger partial charge in [0.05, 0.1) is 0 Å². The van der Waals surface area contributed by atoms with Crippen molar-refractivity contribution in [2.24, 2.45) is 0 Å². The predicted octanol–water partition coefficient (Wildman–Crippen LogP) is 2.68. The summed E-state index contributed by atoms with van der Waals surface area (Å²) in [5.41, 5.74) is 3.33. The smallest absolute Gasteiger partial charge is 0.185 e. The Bertz CT molecular complexity index is 375. The van der Waals surface area contributed by atoms with E-state index in [1.807, 2.05) is 18.2 Å². The summed E-state index contributed by atoms with van der Waals surface area (Å²) in [5.74, 6) is 0.149. The first-order valence-corrected chi connectivity index (χ1v) is 4.58. The van der Waals surface area contributed by atoms with Crippen LogP contribution in [0.4, 0.5) is 0 Å². The Morgan fingerprint density at radius 2 is 2.15 bits per heavy atom. The Balaban J connectivity index is 2.60. The Morgan fingerprint density at radius 3 is 3.00 bits per heavy atom. The summed E-state index contributed by atoms with van der Waals surface area (Å²) in [5, 5.41) is 0. The third kappa shape index (κ3) is 1.42. The molecule has 0 spiro atoms. The van der Waals surface area contributed by atoms with E-state index in [1.54, 1.807) is 6.08 Å². The standard InChI is InChI=1S/C12H12O/c1-9-5-4-7-11-10(9)6-2-3-8-12(11)13/h3-5,7-8H,2,6H2,1H3. The number of allylic oxidation sites excluding steroid dienone is 2. The van der Waals surface area contributed by atoms with Gasteiger partial charge in [0.15, 0.2) is 5.78 Å². The molecule has 0 heterocycles. The molecule has 13 heavy (non-hydrogen) atoms. The largest absolute Gasteiger partial charge is 0.289 e. The number of fused-ring (bicyclic) bond motifs is 1. The molecule has 0 saturated heterocycles. The van der Waals surface area contributed by atoms with E-state index in [2.05, 4.69) is 13.0 Å². The van der Waals surface area contributed by atoms with Crippen LogP contribution in [-0.4, -0.2) is 5.78 Å². The molecule has 0 unspecified atom stereocenters. The van der Waals surface area contributed by atoms with Gasteiger partial charge in [-0.1, -0.05) is 24.3 Å². The maximum absolute atomic E-state index is 11.6. The molecule has 66 valence electrons. The monoisotopic (exact) mass is 172 g/mol. The Morgan fingerprint density at radius 1 is 1.31 bits per heavy atom. The van der Waals surface area contributed by atoms with Crippen LogP contribution in [0.15, 0.2) is 30.4 Å². The summed E-state index contributed by atoms with van der Waals surface area (Å²) in [6.07, 6.45) is 5.61. The summed E-state index contributed by atoms with van der Waals surface area (Å²) in [6, 6.07) is 5.93. The highest BCUT2D eigenvalue weighted by molar-refractivity contribution is 6.06. The number of carbonyl (C=O) groups excluding carboxylic acids is 1. The molecule has 1 nitrogen and oxygen atoms in total. The molecular weight excluding hydrogens is 160 g/mol. The van der Waals surface area contributed by atoms with E-state index >= 15 is 0 Å². The zero-order valence-corrected chi connectivity index (χ0v) is 7.71. The molecule has 0 amide bonds. The Hall–Kier alpha value is -1.37. The number of hydrogen-bond donors (Lipinski definition) is 0. The molecule has 1 aromatic rings.